The van der Waals surface area contributed by atoms with Crippen molar-refractivity contribution < 1.29 is 29.0 Å². The number of amides is 3. The summed E-state index contributed by atoms with van der Waals surface area (Å²) in [5, 5.41) is 13.9. The van der Waals surface area contributed by atoms with Crippen molar-refractivity contribution in [3.63, 3.8) is 0 Å². The van der Waals surface area contributed by atoms with E-state index >= 15 is 0 Å². The monoisotopic (exact) mass is 681 g/mol. The van der Waals surface area contributed by atoms with Gasteiger partial charge in [0.2, 0.25) is 11.8 Å². The van der Waals surface area contributed by atoms with Crippen molar-refractivity contribution in [1.82, 2.24) is 9.88 Å². The number of hydrogen-bond donors (Lipinski definition) is 3. The second-order valence-corrected chi connectivity index (χ2v) is 15.5. The van der Waals surface area contributed by atoms with E-state index in [1.165, 1.54) is 11.8 Å². The molecule has 0 radical (unpaired) electrons. The van der Waals surface area contributed by atoms with Crippen molar-refractivity contribution in [2.45, 2.75) is 48.9 Å². The molecular formula is C33H32ClN3O7S2. The highest BCUT2D eigenvalue weighted by atomic mass is 35.5. The Labute approximate surface area is 277 Å². The number of aromatic amines is 1. The molecule has 2 aliphatic carbocycles. The second-order valence-electron chi connectivity index (χ2n) is 12.9. The summed E-state index contributed by atoms with van der Waals surface area (Å²) in [6.07, 6.45) is 0.836. The predicted octanol–water partition coefficient (Wildman–Crippen LogP) is 5.08. The summed E-state index contributed by atoms with van der Waals surface area (Å²) in [7, 11) is 0. The lowest BCUT2D eigenvalue weighted by Crippen LogP contribution is -2.47. The number of para-hydroxylation sites is 1. The first-order chi connectivity index (χ1) is 22.0. The zero-order valence-corrected chi connectivity index (χ0v) is 27.4. The van der Waals surface area contributed by atoms with Crippen molar-refractivity contribution in [3.05, 3.63) is 73.7 Å². The highest BCUT2D eigenvalue weighted by molar-refractivity contribution is 8.00. The number of benzene rings is 2. The number of halogens is 1. The van der Waals surface area contributed by atoms with Gasteiger partial charge in [0.15, 0.2) is 6.61 Å². The van der Waals surface area contributed by atoms with Gasteiger partial charge >= 0.3 is 10.8 Å². The van der Waals surface area contributed by atoms with Gasteiger partial charge in [-0.05, 0) is 66.8 Å². The van der Waals surface area contributed by atoms with Crippen LogP contribution in [0.5, 0.6) is 5.75 Å². The van der Waals surface area contributed by atoms with E-state index in [1.807, 2.05) is 32.0 Å². The third-order valence-corrected chi connectivity index (χ3v) is 12.6. The van der Waals surface area contributed by atoms with Gasteiger partial charge in [0, 0.05) is 32.3 Å². The number of H-pyrrole nitrogens is 1. The van der Waals surface area contributed by atoms with Crippen LogP contribution >= 0.6 is 34.7 Å². The Bertz CT molecular complexity index is 1790. The Balaban J connectivity index is 1.24. The number of thioether (sulfide) groups is 1. The number of carbonyl (C=O) groups excluding carboxylic acids is 3. The molecule has 46 heavy (non-hydrogen) atoms. The third kappa shape index (κ3) is 5.14. The van der Waals surface area contributed by atoms with Gasteiger partial charge in [-0.2, -0.15) is 0 Å². The SMILES string of the molecule is CC(C)CC(C(=O)O)N1C(=O)C2C3CC(C2C1=O)C1C3Sc2[nH]c(=O)sc2[C@@H]1c1cc(Cl)ccc1OCC(=O)Nc1ccccc1. The number of anilines is 1. The first-order valence-electron chi connectivity index (χ1n) is 15.3. The largest absolute Gasteiger partial charge is 0.483 e. The van der Waals surface area contributed by atoms with Gasteiger partial charge in [-0.3, -0.25) is 24.1 Å². The van der Waals surface area contributed by atoms with Crippen molar-refractivity contribution in [2.24, 2.45) is 35.5 Å². The molecule has 1 aromatic heterocycles. The number of aliphatic carboxylic acids is 1. The van der Waals surface area contributed by atoms with E-state index < -0.39 is 41.6 Å². The van der Waals surface area contributed by atoms with E-state index in [2.05, 4.69) is 10.3 Å². The standard InChI is InChI=1S/C33H32ClN3O7S2/c1-14(2)10-20(32(41)42)37-30(39)25-18-12-19(26(25)31(37)40)27-24(18)23(28-29(45-27)36-33(43)46-28)17-11-15(34)8-9-21(17)44-13-22(38)35-16-6-4-3-5-7-16/h3-9,11,14,18-20,23-27H,10,12-13H2,1-2H3,(H,35,38)(H,36,43)(H,41,42)/t18?,19?,20?,23-,24?,25?,26?,27?/m1/s1. The Morgan fingerprint density at radius 3 is 2.50 bits per heavy atom. The summed E-state index contributed by atoms with van der Waals surface area (Å²) in [5.74, 6) is -4.07. The molecule has 2 aliphatic heterocycles. The number of carboxylic acid groups (broad SMARTS) is 1. The van der Waals surface area contributed by atoms with Gasteiger partial charge < -0.3 is 20.1 Å². The van der Waals surface area contributed by atoms with Gasteiger partial charge in [0.1, 0.15) is 11.8 Å². The molecule has 2 saturated carbocycles. The minimum Gasteiger partial charge on any atom is -0.483 e. The number of rotatable bonds is 9. The topological polar surface area (TPSA) is 146 Å². The fourth-order valence-corrected chi connectivity index (χ4v) is 11.3. The molecule has 7 unspecified atom stereocenters. The summed E-state index contributed by atoms with van der Waals surface area (Å²) < 4.78 is 6.11. The summed E-state index contributed by atoms with van der Waals surface area (Å²) >= 11 is 9.19. The van der Waals surface area contributed by atoms with Gasteiger partial charge in [0.05, 0.1) is 16.9 Å². The van der Waals surface area contributed by atoms with E-state index in [-0.39, 0.29) is 52.7 Å². The van der Waals surface area contributed by atoms with E-state index in [4.69, 9.17) is 16.3 Å². The maximum atomic E-state index is 14.0. The summed E-state index contributed by atoms with van der Waals surface area (Å²) in [5.41, 5.74) is 1.34. The fraction of sp³-hybridized carbons (Fsp3) is 0.424. The Kier molecular flexibility index (Phi) is 8.01. The summed E-state index contributed by atoms with van der Waals surface area (Å²) in [6, 6.07) is 13.0. The molecule has 3 fully saturated rings. The molecule has 2 aromatic carbocycles. The molecular weight excluding hydrogens is 650 g/mol. The van der Waals surface area contributed by atoms with Crippen LogP contribution in [-0.4, -0.2) is 56.6 Å². The zero-order chi connectivity index (χ0) is 32.4. The van der Waals surface area contributed by atoms with Crippen molar-refractivity contribution in [1.29, 1.82) is 0 Å². The number of carboxylic acids is 1. The number of ether oxygens (including phenoxy) is 1. The lowest BCUT2D eigenvalue weighted by atomic mass is 9.68. The molecule has 7 rings (SSSR count). The number of likely N-dealkylation sites (tertiary alicyclic amines) is 1. The maximum Gasteiger partial charge on any atom is 0.326 e. The molecule has 3 N–H and O–H groups in total. The van der Waals surface area contributed by atoms with E-state index in [9.17, 15) is 29.1 Å². The van der Waals surface area contributed by atoms with E-state index in [0.29, 0.717) is 28.4 Å². The molecule has 4 aliphatic rings. The molecule has 13 heteroatoms. The van der Waals surface area contributed by atoms with Crippen LogP contribution in [0.3, 0.4) is 0 Å². The van der Waals surface area contributed by atoms with Crippen LogP contribution in [0.1, 0.15) is 43.0 Å². The number of carbonyl (C=O) groups is 4. The Morgan fingerprint density at radius 1 is 1.09 bits per heavy atom. The summed E-state index contributed by atoms with van der Waals surface area (Å²) in [6.45, 7) is 3.48. The number of fused-ring (bicyclic) bond motifs is 9. The zero-order valence-electron chi connectivity index (χ0n) is 25.0. The summed E-state index contributed by atoms with van der Waals surface area (Å²) in [4.78, 5) is 70.3. The van der Waals surface area contributed by atoms with E-state index in [1.54, 1.807) is 30.3 Å². The normalized spacial score (nSPS) is 28.2. The van der Waals surface area contributed by atoms with Crippen LogP contribution in [0.2, 0.25) is 5.02 Å². The van der Waals surface area contributed by atoms with Gasteiger partial charge in [0.25, 0.3) is 5.91 Å². The number of imide groups is 1. The number of nitrogens with zero attached hydrogens (tertiary/aromatic N) is 1. The maximum absolute atomic E-state index is 14.0. The van der Waals surface area contributed by atoms with Crippen LogP contribution in [0.15, 0.2) is 58.4 Å². The number of hydrogen-bond acceptors (Lipinski definition) is 8. The van der Waals surface area contributed by atoms with Gasteiger partial charge in [-0.1, -0.05) is 55.0 Å². The quantitative estimate of drug-likeness (QED) is 0.265. The Morgan fingerprint density at radius 2 is 1.80 bits per heavy atom. The second kappa shape index (κ2) is 11.9. The molecule has 240 valence electrons. The lowest BCUT2D eigenvalue weighted by Gasteiger charge is -2.43. The Hall–Kier alpha value is -3.61. The molecule has 2 bridgehead atoms. The molecule has 3 amide bonds. The number of nitrogens with one attached hydrogen (secondary N) is 2. The molecule has 3 aromatic rings. The fourth-order valence-electron chi connectivity index (χ4n) is 8.21. The van der Waals surface area contributed by atoms with Gasteiger partial charge in [-0.25, -0.2) is 4.79 Å². The number of aromatic nitrogens is 1. The molecule has 0 spiro atoms. The smallest absolute Gasteiger partial charge is 0.326 e. The predicted molar refractivity (Wildman–Crippen MR) is 173 cm³/mol. The minimum absolute atomic E-state index is 0.0229. The van der Waals surface area contributed by atoms with Crippen LogP contribution in [0, 0.1) is 35.5 Å². The van der Waals surface area contributed by atoms with Crippen LogP contribution < -0.4 is 14.9 Å². The van der Waals surface area contributed by atoms with Crippen LogP contribution in [0.25, 0.3) is 0 Å². The lowest BCUT2D eigenvalue weighted by molar-refractivity contribution is -0.156. The average molecular weight is 682 g/mol. The highest BCUT2D eigenvalue weighted by Gasteiger charge is 2.70. The first-order valence-corrected chi connectivity index (χ1v) is 17.4. The minimum atomic E-state index is -1.21. The molecule has 8 atom stereocenters. The van der Waals surface area contributed by atoms with Crippen LogP contribution in [-0.2, 0) is 19.2 Å². The third-order valence-electron chi connectivity index (χ3n) is 9.77. The van der Waals surface area contributed by atoms with E-state index in [0.717, 1.165) is 26.1 Å². The van der Waals surface area contributed by atoms with Crippen molar-refractivity contribution in [3.8, 4) is 5.75 Å². The first kappa shape index (κ1) is 31.0. The molecule has 3 heterocycles. The van der Waals surface area contributed by atoms with Gasteiger partial charge in [-0.15, -0.1) is 11.8 Å². The molecule has 1 saturated heterocycles. The highest BCUT2D eigenvalue weighted by Crippen LogP contribution is 2.69. The van der Waals surface area contributed by atoms with Crippen molar-refractivity contribution in [2.75, 3.05) is 11.9 Å². The average Bonchev–Trinajstić information content (AvgIpc) is 3.74. The molecule has 10 nitrogen and oxygen atoms in total. The van der Waals surface area contributed by atoms with Crippen molar-refractivity contribution >= 4 is 64.1 Å². The van der Waals surface area contributed by atoms with Crippen LogP contribution in [0.4, 0.5) is 5.69 Å². The number of thiazole rings is 1.